The molecule has 1 N–H and O–H groups in total. The monoisotopic (exact) mass is 1150 g/mol. The van der Waals surface area contributed by atoms with E-state index in [2.05, 4.69) is 78.6 Å². The zero-order chi connectivity index (χ0) is 51.4. The van der Waals surface area contributed by atoms with Gasteiger partial charge in [-0.25, -0.2) is 0 Å². The zero-order valence-electron chi connectivity index (χ0n) is 45.4. The lowest BCUT2D eigenvalue weighted by molar-refractivity contribution is 0.217. The fourth-order valence-corrected chi connectivity index (χ4v) is 74.6. The maximum absolute atomic E-state index is 12.3. The lowest BCUT2D eigenvalue weighted by Gasteiger charge is -2.45. The largest absolute Gasteiger partial charge is 0.433 e. The van der Waals surface area contributed by atoms with Gasteiger partial charge in [-0.3, -0.25) is 0 Å². The molecule has 0 saturated heterocycles. The fourth-order valence-electron chi connectivity index (χ4n) is 8.46. The van der Waals surface area contributed by atoms with Crippen molar-refractivity contribution >= 4 is 125 Å². The maximum atomic E-state index is 12.3. The first kappa shape index (κ1) is 64.2. The quantitative estimate of drug-likeness (QED) is 0.0731. The number of hydrogen-bond acceptors (Lipinski definition) is 14. The highest BCUT2D eigenvalue weighted by Crippen LogP contribution is 2.32. The van der Waals surface area contributed by atoms with Crippen LogP contribution < -0.4 is 5.19 Å². The van der Waals surface area contributed by atoms with Crippen molar-refractivity contribution in [2.45, 2.75) is 170 Å². The molecule has 0 bridgehead atoms. The second-order valence-electron chi connectivity index (χ2n) is 22.7. The van der Waals surface area contributed by atoms with E-state index in [1.165, 1.54) is 0 Å². The Morgan fingerprint density at radius 1 is 0.338 bits per heavy atom. The van der Waals surface area contributed by atoms with Crippen LogP contribution in [-0.4, -0.2) is 130 Å². The van der Waals surface area contributed by atoms with Crippen LogP contribution in [0.1, 0.15) is 0 Å². The van der Waals surface area contributed by atoms with Crippen molar-refractivity contribution in [1.82, 2.24) is 0 Å². The molecule has 0 aliphatic rings. The van der Waals surface area contributed by atoms with E-state index in [-0.39, 0.29) is 6.23 Å². The van der Waals surface area contributed by atoms with Crippen LogP contribution in [0.3, 0.4) is 0 Å². The molecule has 380 valence electrons. The first-order valence-corrected chi connectivity index (χ1v) is 61.5. The number of rotatable bonds is 30. The van der Waals surface area contributed by atoms with Gasteiger partial charge in [0.1, 0.15) is 0 Å². The minimum absolute atomic E-state index is 0.00911. The molecule has 0 aromatic heterocycles. The molecule has 0 aliphatic heterocycles. The van der Waals surface area contributed by atoms with Gasteiger partial charge in [-0.1, -0.05) is 41.7 Å². The topological polar surface area (TPSA) is 140 Å². The van der Waals surface area contributed by atoms with Gasteiger partial charge < -0.3 is 58.6 Å². The summed E-state index contributed by atoms with van der Waals surface area (Å²) in [6.07, 6.45) is -0.00911. The van der Waals surface area contributed by atoms with Crippen LogP contribution >= 0.6 is 0 Å². The van der Waals surface area contributed by atoms with E-state index in [4.69, 9.17) is 53.8 Å². The molecule has 1 aromatic carbocycles. The SMILES string of the molecule is C=C[Si](C)(C)O[Si](C)(C)O[Si](C)(C)O[Si](C)(C)O[Si](C)(C)O[Si](C)(C)O[Si](C)(C)O[Si](C)(C)O[Si](C)(C)O[Si](C)(C)O[Si](C)(C)OC[Si](O)(O[Si](C)(C)O[Si](C)(C)C=C)c1ccccc1. The highest BCUT2D eigenvalue weighted by atomic mass is 28.5. The van der Waals surface area contributed by atoms with Crippen molar-refractivity contribution in [3.05, 3.63) is 54.9 Å². The Morgan fingerprint density at radius 2 is 0.554 bits per heavy atom. The molecule has 1 aromatic rings. The molecule has 0 spiro atoms. The Labute approximate surface area is 411 Å². The van der Waals surface area contributed by atoms with Crippen molar-refractivity contribution in [3.8, 4) is 0 Å². The molecular weight excluding hydrogens is 1060 g/mol. The molecule has 0 radical (unpaired) electrons. The highest BCUT2D eigenvalue weighted by molar-refractivity contribution is 6.95. The summed E-state index contributed by atoms with van der Waals surface area (Å²) in [5, 5.41) is 0.714. The molecule has 0 saturated carbocycles. The van der Waals surface area contributed by atoms with Gasteiger partial charge in [0.2, 0.25) is 0 Å². The van der Waals surface area contributed by atoms with Crippen LogP contribution in [0, 0.1) is 0 Å². The van der Waals surface area contributed by atoms with Gasteiger partial charge in [-0.2, -0.15) is 0 Å². The predicted octanol–water partition coefficient (Wildman–Crippen LogP) is 10.7. The van der Waals surface area contributed by atoms with Gasteiger partial charge in [0.05, 0.1) is 6.23 Å². The van der Waals surface area contributed by atoms with Crippen LogP contribution in [0.4, 0.5) is 0 Å². The number of benzene rings is 1. The average Bonchev–Trinajstić information content (AvgIpc) is 2.97. The lowest BCUT2D eigenvalue weighted by atomic mass is 10.4. The Balaban J connectivity index is 3.04. The Kier molecular flexibility index (Phi) is 22.2. The third kappa shape index (κ3) is 25.9. The van der Waals surface area contributed by atoms with Crippen molar-refractivity contribution in [2.24, 2.45) is 0 Å². The normalized spacial score (nSPS) is 16.1. The van der Waals surface area contributed by atoms with Gasteiger partial charge in [0.25, 0.3) is 0 Å². The highest BCUT2D eigenvalue weighted by Gasteiger charge is 2.52. The van der Waals surface area contributed by atoms with Gasteiger partial charge >= 0.3 is 103 Å². The van der Waals surface area contributed by atoms with Crippen molar-refractivity contribution in [1.29, 1.82) is 0 Å². The molecular formula is C37H92O14Si14. The van der Waals surface area contributed by atoms with E-state index in [0.29, 0.717) is 5.19 Å². The summed E-state index contributed by atoms with van der Waals surface area (Å²) in [6.45, 7) is 61.0. The summed E-state index contributed by atoms with van der Waals surface area (Å²) in [4.78, 5) is 12.3. The summed E-state index contributed by atoms with van der Waals surface area (Å²) in [7, 11) is -38.4. The van der Waals surface area contributed by atoms with Crippen LogP contribution in [0.15, 0.2) is 54.9 Å². The summed E-state index contributed by atoms with van der Waals surface area (Å²) < 4.78 is 87.5. The molecule has 0 aliphatic carbocycles. The van der Waals surface area contributed by atoms with Gasteiger partial charge in [-0.05, 0) is 175 Å². The van der Waals surface area contributed by atoms with E-state index < -0.39 is 119 Å². The van der Waals surface area contributed by atoms with Crippen LogP contribution in [0.25, 0.3) is 0 Å². The van der Waals surface area contributed by atoms with Crippen molar-refractivity contribution in [2.75, 3.05) is 6.23 Å². The standard InChI is InChI=1S/C37H92O14Si14/c1-29-52(3,4)40-55(9,10)43-58(15,16)45-60(19,20)47-62(23,24)49-64(27,28)50-63(25,26)48-61(21,22)46-59(17,18)44-57(13,14)42-54(7,8)39-36-65(38,37-34-32-31-33-35-37)51-56(11,12)41-53(5,6)30-2/h29-35,38H,1-2,36H2,3-28H3. The molecule has 1 rings (SSSR count). The molecule has 0 fully saturated rings. The van der Waals surface area contributed by atoms with E-state index >= 15 is 0 Å². The van der Waals surface area contributed by atoms with Gasteiger partial charge in [-0.15, -0.1) is 13.2 Å². The minimum atomic E-state index is -3.65. The molecule has 65 heavy (non-hydrogen) atoms. The zero-order valence-corrected chi connectivity index (χ0v) is 59.4. The Bertz CT molecular complexity index is 1710. The molecule has 0 amide bonds. The van der Waals surface area contributed by atoms with Crippen molar-refractivity contribution in [3.63, 3.8) is 0 Å². The average molecular weight is 1150 g/mol. The van der Waals surface area contributed by atoms with E-state index in [1.807, 2.05) is 146 Å². The minimum Gasteiger partial charge on any atom is -0.433 e. The molecule has 1 atom stereocenters. The van der Waals surface area contributed by atoms with Crippen LogP contribution in [0.2, 0.25) is 170 Å². The Morgan fingerprint density at radius 3 is 0.800 bits per heavy atom. The van der Waals surface area contributed by atoms with Crippen molar-refractivity contribution < 1.29 is 58.6 Å². The molecule has 14 nitrogen and oxygen atoms in total. The van der Waals surface area contributed by atoms with Crippen LogP contribution in [0.5, 0.6) is 0 Å². The molecule has 28 heteroatoms. The van der Waals surface area contributed by atoms with E-state index in [1.54, 1.807) is 0 Å². The Hall–Kier alpha value is 1.18. The maximum Gasteiger partial charge on any atom is 0.386 e. The number of hydrogen-bond donors (Lipinski definition) is 1. The first-order valence-electron chi connectivity index (χ1n) is 22.5. The smallest absolute Gasteiger partial charge is 0.386 e. The van der Waals surface area contributed by atoms with Crippen LogP contribution in [-0.2, 0) is 53.8 Å². The summed E-state index contributed by atoms with van der Waals surface area (Å²) in [6, 6.07) is 9.49. The third-order valence-electron chi connectivity index (χ3n) is 8.68. The molecule has 1 unspecified atom stereocenters. The summed E-state index contributed by atoms with van der Waals surface area (Å²) in [5.74, 6) is 0. The van der Waals surface area contributed by atoms with E-state index in [0.717, 1.165) is 0 Å². The van der Waals surface area contributed by atoms with Gasteiger partial charge in [0, 0.05) is 0 Å². The first-order chi connectivity index (χ1) is 28.4. The van der Waals surface area contributed by atoms with E-state index in [9.17, 15) is 4.80 Å². The second kappa shape index (κ2) is 22.5. The summed E-state index contributed by atoms with van der Waals surface area (Å²) in [5.41, 5.74) is 3.82. The fraction of sp³-hybridized carbons (Fsp3) is 0.730. The molecule has 0 heterocycles. The predicted molar refractivity (Wildman–Crippen MR) is 301 cm³/mol. The lowest BCUT2D eigenvalue weighted by Crippen LogP contribution is -2.65. The summed E-state index contributed by atoms with van der Waals surface area (Å²) >= 11 is 0. The third-order valence-corrected chi connectivity index (χ3v) is 60.4. The van der Waals surface area contributed by atoms with Gasteiger partial charge in [0.15, 0.2) is 16.6 Å². The second-order valence-corrected chi connectivity index (χ2v) is 73.2.